The van der Waals surface area contributed by atoms with E-state index in [0.717, 1.165) is 10.5 Å². The summed E-state index contributed by atoms with van der Waals surface area (Å²) in [7, 11) is 0. The number of thioether (sulfide) groups is 1. The van der Waals surface area contributed by atoms with Crippen molar-refractivity contribution >= 4 is 35.2 Å². The van der Waals surface area contributed by atoms with Crippen molar-refractivity contribution in [3.05, 3.63) is 64.7 Å². The summed E-state index contributed by atoms with van der Waals surface area (Å²) in [5.74, 6) is 0.0423. The molecule has 1 aliphatic heterocycles. The second-order valence-corrected chi connectivity index (χ2v) is 7.40. The van der Waals surface area contributed by atoms with E-state index in [2.05, 4.69) is 0 Å². The topological polar surface area (TPSA) is 40.6 Å². The predicted octanol–water partition coefficient (Wildman–Crippen LogP) is 3.94. The summed E-state index contributed by atoms with van der Waals surface area (Å²) in [4.78, 5) is 29.9. The van der Waals surface area contributed by atoms with Crippen molar-refractivity contribution in [3.8, 4) is 0 Å². The molecule has 2 aromatic rings. The van der Waals surface area contributed by atoms with E-state index in [0.29, 0.717) is 43.2 Å². The molecule has 4 nitrogen and oxygen atoms in total. The van der Waals surface area contributed by atoms with Crippen LogP contribution in [0.2, 0.25) is 5.02 Å². The average Bonchev–Trinajstić information content (AvgIpc) is 2.85. The van der Waals surface area contributed by atoms with Crippen LogP contribution in [0.1, 0.15) is 22.3 Å². The number of hydrogen-bond donors (Lipinski definition) is 0. The third-order valence-corrected chi connectivity index (χ3v) is 5.70. The Morgan fingerprint density at radius 1 is 1.08 bits per heavy atom. The Hall–Kier alpha value is -1.98. The van der Waals surface area contributed by atoms with Gasteiger partial charge in [-0.15, -0.1) is 11.8 Å². The van der Waals surface area contributed by atoms with Gasteiger partial charge in [0.05, 0.1) is 5.56 Å². The van der Waals surface area contributed by atoms with Crippen LogP contribution in [0.4, 0.5) is 0 Å². The largest absolute Gasteiger partial charge is 0.336 e. The van der Waals surface area contributed by atoms with Crippen LogP contribution in [0.15, 0.2) is 53.4 Å². The van der Waals surface area contributed by atoms with Gasteiger partial charge in [-0.2, -0.15) is 0 Å². The molecule has 1 saturated heterocycles. The van der Waals surface area contributed by atoms with Crippen molar-refractivity contribution in [2.24, 2.45) is 0 Å². The molecular weight excluding hydrogens is 368 g/mol. The average molecular weight is 389 g/mol. The smallest absolute Gasteiger partial charge is 0.255 e. The van der Waals surface area contributed by atoms with Gasteiger partial charge in [0.2, 0.25) is 5.91 Å². The first-order chi connectivity index (χ1) is 12.6. The normalized spacial score (nSPS) is 15.1. The molecule has 0 aromatic heterocycles. The molecule has 1 fully saturated rings. The highest BCUT2D eigenvalue weighted by Gasteiger charge is 2.25. The van der Waals surface area contributed by atoms with E-state index in [1.54, 1.807) is 21.6 Å². The van der Waals surface area contributed by atoms with Crippen molar-refractivity contribution in [1.82, 2.24) is 9.80 Å². The summed E-state index contributed by atoms with van der Waals surface area (Å²) in [6, 6.07) is 15.2. The van der Waals surface area contributed by atoms with Gasteiger partial charge in [0.25, 0.3) is 5.91 Å². The number of halogens is 1. The highest BCUT2D eigenvalue weighted by Crippen LogP contribution is 2.23. The van der Waals surface area contributed by atoms with Crippen molar-refractivity contribution < 1.29 is 9.59 Å². The van der Waals surface area contributed by atoms with Crippen LogP contribution in [-0.4, -0.2) is 47.5 Å². The summed E-state index contributed by atoms with van der Waals surface area (Å²) < 4.78 is 0. The van der Waals surface area contributed by atoms with Gasteiger partial charge in [-0.05, 0) is 30.0 Å². The minimum absolute atomic E-state index is 0.0117. The third-order valence-electron chi connectivity index (χ3n) is 4.53. The van der Waals surface area contributed by atoms with E-state index in [-0.39, 0.29) is 11.8 Å². The highest BCUT2D eigenvalue weighted by atomic mass is 35.5. The molecule has 136 valence electrons. The highest BCUT2D eigenvalue weighted by molar-refractivity contribution is 7.98. The van der Waals surface area contributed by atoms with Gasteiger partial charge in [-0.3, -0.25) is 9.59 Å². The minimum atomic E-state index is -0.0117. The molecule has 0 bridgehead atoms. The van der Waals surface area contributed by atoms with Gasteiger partial charge in [0.1, 0.15) is 0 Å². The first-order valence-electron chi connectivity index (χ1n) is 8.53. The summed E-state index contributed by atoms with van der Waals surface area (Å²) >= 11 is 7.78. The lowest BCUT2D eigenvalue weighted by atomic mass is 10.2. The van der Waals surface area contributed by atoms with Crippen LogP contribution in [0.5, 0.6) is 0 Å². The van der Waals surface area contributed by atoms with Gasteiger partial charge in [-0.1, -0.05) is 41.9 Å². The summed E-state index contributed by atoms with van der Waals surface area (Å²) in [6.07, 6.45) is 2.29. The molecule has 26 heavy (non-hydrogen) atoms. The fraction of sp³-hybridized carbons (Fsp3) is 0.300. The van der Waals surface area contributed by atoms with Gasteiger partial charge in [-0.25, -0.2) is 0 Å². The van der Waals surface area contributed by atoms with Crippen molar-refractivity contribution in [2.45, 2.75) is 17.9 Å². The van der Waals surface area contributed by atoms with Crippen molar-refractivity contribution in [1.29, 1.82) is 0 Å². The fourth-order valence-corrected chi connectivity index (χ4v) is 3.85. The monoisotopic (exact) mass is 388 g/mol. The van der Waals surface area contributed by atoms with E-state index in [1.807, 2.05) is 54.8 Å². The van der Waals surface area contributed by atoms with Gasteiger partial charge >= 0.3 is 0 Å². The number of carbonyl (C=O) groups excluding carboxylic acids is 2. The lowest BCUT2D eigenvalue weighted by molar-refractivity contribution is -0.130. The molecular formula is C20H21ClN2O2S. The number of amides is 2. The Balaban J connectivity index is 1.72. The maximum Gasteiger partial charge on any atom is 0.255 e. The molecule has 2 amide bonds. The van der Waals surface area contributed by atoms with E-state index < -0.39 is 0 Å². The summed E-state index contributed by atoms with van der Waals surface area (Å²) in [5, 5.41) is 0.659. The van der Waals surface area contributed by atoms with Crippen LogP contribution >= 0.6 is 23.4 Å². The Morgan fingerprint density at radius 3 is 2.58 bits per heavy atom. The molecule has 0 N–H and O–H groups in total. The Kier molecular flexibility index (Phi) is 6.22. The first-order valence-corrected chi connectivity index (χ1v) is 10.1. The molecule has 6 heteroatoms. The summed E-state index contributed by atoms with van der Waals surface area (Å²) in [5.41, 5.74) is 1.63. The Bertz CT molecular complexity index is 812. The maximum absolute atomic E-state index is 12.9. The second kappa shape index (κ2) is 8.60. The number of rotatable bonds is 4. The van der Waals surface area contributed by atoms with Gasteiger partial charge in [0, 0.05) is 42.5 Å². The number of nitrogens with zero attached hydrogens (tertiary/aromatic N) is 2. The van der Waals surface area contributed by atoms with Crippen LogP contribution < -0.4 is 0 Å². The van der Waals surface area contributed by atoms with E-state index >= 15 is 0 Å². The Morgan fingerprint density at radius 2 is 1.81 bits per heavy atom. The predicted molar refractivity (Wildman–Crippen MR) is 106 cm³/mol. The lowest BCUT2D eigenvalue weighted by Crippen LogP contribution is -2.35. The van der Waals surface area contributed by atoms with Crippen molar-refractivity contribution in [3.63, 3.8) is 0 Å². The van der Waals surface area contributed by atoms with E-state index in [9.17, 15) is 9.59 Å². The van der Waals surface area contributed by atoms with Crippen LogP contribution in [-0.2, 0) is 11.3 Å². The quantitative estimate of drug-likeness (QED) is 0.745. The lowest BCUT2D eigenvalue weighted by Gasteiger charge is -2.23. The SMILES string of the molecule is CSc1ccccc1C(=O)N1CCC(=O)N(Cc2ccccc2Cl)CC1. The third kappa shape index (κ3) is 4.22. The number of hydrogen-bond acceptors (Lipinski definition) is 3. The molecule has 2 aromatic carbocycles. The molecule has 1 heterocycles. The van der Waals surface area contributed by atoms with E-state index in [1.165, 1.54) is 0 Å². The van der Waals surface area contributed by atoms with Crippen LogP contribution in [0, 0.1) is 0 Å². The molecule has 1 aliphatic rings. The van der Waals surface area contributed by atoms with Crippen molar-refractivity contribution in [2.75, 3.05) is 25.9 Å². The zero-order valence-corrected chi connectivity index (χ0v) is 16.2. The molecule has 0 spiro atoms. The van der Waals surface area contributed by atoms with Crippen LogP contribution in [0.25, 0.3) is 0 Å². The molecule has 0 atom stereocenters. The molecule has 0 unspecified atom stereocenters. The molecule has 0 aliphatic carbocycles. The van der Waals surface area contributed by atoms with Gasteiger partial charge < -0.3 is 9.80 Å². The minimum Gasteiger partial charge on any atom is -0.336 e. The molecule has 0 radical (unpaired) electrons. The van der Waals surface area contributed by atoms with Gasteiger partial charge in [0.15, 0.2) is 0 Å². The molecule has 0 saturated carbocycles. The molecule has 3 rings (SSSR count). The van der Waals surface area contributed by atoms with E-state index in [4.69, 9.17) is 11.6 Å². The Labute approximate surface area is 163 Å². The number of benzene rings is 2. The fourth-order valence-electron chi connectivity index (χ4n) is 3.06. The second-order valence-electron chi connectivity index (χ2n) is 6.15. The zero-order valence-electron chi connectivity index (χ0n) is 14.7. The van der Waals surface area contributed by atoms with Crippen LogP contribution in [0.3, 0.4) is 0 Å². The first kappa shape index (κ1) is 18.8. The maximum atomic E-state index is 12.9. The number of carbonyl (C=O) groups is 2. The standard InChI is InChI=1S/C20H21ClN2O2S/c1-26-18-9-5-3-7-16(18)20(25)22-11-10-19(24)23(13-12-22)14-15-6-2-4-8-17(15)21/h2-9H,10-14H2,1H3. The summed E-state index contributed by atoms with van der Waals surface area (Å²) in [6.45, 7) is 1.95. The zero-order chi connectivity index (χ0) is 18.5.